The number of nitrogens with zero attached hydrogens (tertiary/aromatic N) is 2. The summed E-state index contributed by atoms with van der Waals surface area (Å²) in [5, 5.41) is 0. The van der Waals surface area contributed by atoms with E-state index in [1.165, 1.54) is 12.1 Å². The Bertz CT molecular complexity index is 1560. The van der Waals surface area contributed by atoms with E-state index in [-0.39, 0.29) is 17.8 Å². The largest absolute Gasteiger partial charge is 0.494 e. The van der Waals surface area contributed by atoms with Gasteiger partial charge in [0, 0.05) is 16.5 Å². The molecular weight excluding hydrogens is 575 g/mol. The molecule has 0 radical (unpaired) electrons. The first-order valence-corrected chi connectivity index (χ1v) is 13.4. The smallest absolute Gasteiger partial charge is 0.343 e. The van der Waals surface area contributed by atoms with Crippen molar-refractivity contribution in [2.24, 2.45) is 0 Å². The Morgan fingerprint density at radius 2 is 1.35 bits per heavy atom. The first-order valence-electron chi connectivity index (χ1n) is 12.6. The van der Waals surface area contributed by atoms with E-state index in [2.05, 4.69) is 15.9 Å². The van der Waals surface area contributed by atoms with Gasteiger partial charge in [-0.05, 0) is 66.6 Å². The molecule has 200 valence electrons. The maximum atomic E-state index is 14.4. The predicted molar refractivity (Wildman–Crippen MR) is 156 cm³/mol. The van der Waals surface area contributed by atoms with Crippen LogP contribution in [0.3, 0.4) is 0 Å². The standard InChI is InChI=1S/C32H24BrFN2O4/c1-2-40-29-19-21(18-27(33)25(29)20-22-11-9-10-16-28(22)34)17-26-30(37)35(23-12-5-3-6-13-23)32(39)36(31(26)38)24-14-7-4-8-15-24/h3-19H,2,20H2,1H3. The minimum absolute atomic E-state index is 0.191. The molecule has 1 saturated heterocycles. The molecule has 0 aliphatic carbocycles. The van der Waals surface area contributed by atoms with E-state index >= 15 is 0 Å². The molecule has 0 bridgehead atoms. The van der Waals surface area contributed by atoms with Gasteiger partial charge in [-0.1, -0.05) is 70.5 Å². The lowest BCUT2D eigenvalue weighted by Gasteiger charge is -2.34. The molecule has 40 heavy (non-hydrogen) atoms. The molecule has 0 unspecified atom stereocenters. The maximum absolute atomic E-state index is 14.4. The van der Waals surface area contributed by atoms with E-state index in [4.69, 9.17) is 4.74 Å². The summed E-state index contributed by atoms with van der Waals surface area (Å²) in [4.78, 5) is 42.8. The molecule has 4 aromatic carbocycles. The predicted octanol–water partition coefficient (Wildman–Crippen LogP) is 7.16. The molecule has 0 atom stereocenters. The third-order valence-electron chi connectivity index (χ3n) is 6.39. The van der Waals surface area contributed by atoms with Crippen LogP contribution < -0.4 is 14.5 Å². The Labute approximate surface area is 239 Å². The SMILES string of the molecule is CCOc1cc(C=C2C(=O)N(c3ccccc3)C(=O)N(c3ccccc3)C2=O)cc(Br)c1Cc1ccccc1F. The van der Waals surface area contributed by atoms with Gasteiger partial charge in [0.1, 0.15) is 17.1 Å². The van der Waals surface area contributed by atoms with Crippen LogP contribution in [0.25, 0.3) is 6.08 Å². The number of carbonyl (C=O) groups excluding carboxylic acids is 3. The van der Waals surface area contributed by atoms with E-state index < -0.39 is 17.8 Å². The van der Waals surface area contributed by atoms with Crippen molar-refractivity contribution in [3.05, 3.63) is 130 Å². The van der Waals surface area contributed by atoms with Gasteiger partial charge in [-0.25, -0.2) is 19.0 Å². The quantitative estimate of drug-likeness (QED) is 0.167. The second kappa shape index (κ2) is 11.7. The second-order valence-corrected chi connectivity index (χ2v) is 9.83. The number of amides is 4. The van der Waals surface area contributed by atoms with Gasteiger partial charge in [-0.15, -0.1) is 0 Å². The molecule has 1 fully saturated rings. The normalized spacial score (nSPS) is 13.6. The molecule has 0 N–H and O–H groups in total. The van der Waals surface area contributed by atoms with E-state index in [0.29, 0.717) is 39.3 Å². The van der Waals surface area contributed by atoms with Crippen LogP contribution in [0.2, 0.25) is 0 Å². The number of anilines is 2. The summed E-state index contributed by atoms with van der Waals surface area (Å²) in [6.07, 6.45) is 1.72. The molecular formula is C32H24BrFN2O4. The second-order valence-electron chi connectivity index (χ2n) is 8.97. The van der Waals surface area contributed by atoms with Crippen LogP contribution in [0.1, 0.15) is 23.6 Å². The average molecular weight is 599 g/mol. The lowest BCUT2D eigenvalue weighted by Crippen LogP contribution is -2.57. The zero-order valence-corrected chi connectivity index (χ0v) is 23.1. The Hall–Kier alpha value is -4.56. The van der Waals surface area contributed by atoms with Gasteiger partial charge < -0.3 is 4.74 Å². The number of urea groups is 1. The fraction of sp³-hybridized carbons (Fsp3) is 0.0938. The monoisotopic (exact) mass is 598 g/mol. The zero-order chi connectivity index (χ0) is 28.2. The van der Waals surface area contributed by atoms with E-state index in [9.17, 15) is 18.8 Å². The summed E-state index contributed by atoms with van der Waals surface area (Å²) < 4.78 is 20.9. The number of hydrogen-bond acceptors (Lipinski definition) is 4. The van der Waals surface area contributed by atoms with Gasteiger partial charge in [-0.2, -0.15) is 0 Å². The van der Waals surface area contributed by atoms with Crippen LogP contribution in [0, 0.1) is 5.82 Å². The molecule has 6 nitrogen and oxygen atoms in total. The maximum Gasteiger partial charge on any atom is 0.343 e. The number of barbiturate groups is 1. The molecule has 8 heteroatoms. The number of ether oxygens (including phenoxy) is 1. The minimum atomic E-state index is -0.763. The minimum Gasteiger partial charge on any atom is -0.494 e. The van der Waals surface area contributed by atoms with Crippen LogP contribution in [0.15, 0.2) is 107 Å². The number of imide groups is 2. The van der Waals surface area contributed by atoms with E-state index in [0.717, 1.165) is 15.4 Å². The van der Waals surface area contributed by atoms with E-state index in [1.807, 2.05) is 6.92 Å². The summed E-state index contributed by atoms with van der Waals surface area (Å²) in [6.45, 7) is 2.19. The van der Waals surface area contributed by atoms with Crippen LogP contribution in [-0.2, 0) is 16.0 Å². The van der Waals surface area contributed by atoms with Crippen molar-refractivity contribution in [1.29, 1.82) is 0 Å². The lowest BCUT2D eigenvalue weighted by molar-refractivity contribution is -0.121. The Balaban J connectivity index is 1.61. The van der Waals surface area contributed by atoms with Gasteiger partial charge in [0.15, 0.2) is 0 Å². The van der Waals surface area contributed by atoms with Crippen molar-refractivity contribution in [3.63, 3.8) is 0 Å². The summed E-state index contributed by atoms with van der Waals surface area (Å²) in [7, 11) is 0. The molecule has 1 aliphatic heterocycles. The molecule has 0 aromatic heterocycles. The number of carbonyl (C=O) groups is 3. The highest BCUT2D eigenvalue weighted by Gasteiger charge is 2.43. The highest BCUT2D eigenvalue weighted by Crippen LogP contribution is 2.34. The summed E-state index contributed by atoms with van der Waals surface area (Å²) in [6, 6.07) is 26.1. The third-order valence-corrected chi connectivity index (χ3v) is 7.10. The highest BCUT2D eigenvalue weighted by atomic mass is 79.9. The van der Waals surface area contributed by atoms with Crippen LogP contribution in [-0.4, -0.2) is 24.5 Å². The number of hydrogen-bond donors (Lipinski definition) is 0. The summed E-state index contributed by atoms with van der Waals surface area (Å²) in [5.41, 5.74) is 2.22. The summed E-state index contributed by atoms with van der Waals surface area (Å²) in [5.74, 6) is -1.32. The Kier molecular flexibility index (Phi) is 7.89. The average Bonchev–Trinajstić information content (AvgIpc) is 2.95. The molecule has 0 saturated carbocycles. The molecule has 4 amide bonds. The zero-order valence-electron chi connectivity index (χ0n) is 21.5. The third kappa shape index (κ3) is 5.31. The molecule has 1 aliphatic rings. The van der Waals surface area contributed by atoms with Crippen molar-refractivity contribution < 1.29 is 23.5 Å². The molecule has 4 aromatic rings. The Morgan fingerprint density at radius 3 is 1.90 bits per heavy atom. The van der Waals surface area contributed by atoms with E-state index in [1.54, 1.807) is 91.0 Å². The van der Waals surface area contributed by atoms with Crippen molar-refractivity contribution in [2.75, 3.05) is 16.4 Å². The van der Waals surface area contributed by atoms with Gasteiger partial charge >= 0.3 is 6.03 Å². The number of rotatable bonds is 7. The van der Waals surface area contributed by atoms with Gasteiger partial charge in [-0.3, -0.25) is 9.59 Å². The van der Waals surface area contributed by atoms with Gasteiger partial charge in [0.05, 0.1) is 18.0 Å². The van der Waals surface area contributed by atoms with Crippen molar-refractivity contribution >= 4 is 51.2 Å². The first kappa shape index (κ1) is 27.0. The van der Waals surface area contributed by atoms with Crippen LogP contribution in [0.5, 0.6) is 5.75 Å². The fourth-order valence-corrected chi connectivity index (χ4v) is 5.11. The Morgan fingerprint density at radius 1 is 0.800 bits per heavy atom. The number of halogens is 2. The van der Waals surface area contributed by atoms with Gasteiger partial charge in [0.25, 0.3) is 11.8 Å². The first-order chi connectivity index (χ1) is 19.4. The summed E-state index contributed by atoms with van der Waals surface area (Å²) >= 11 is 3.58. The number of benzene rings is 4. The van der Waals surface area contributed by atoms with Crippen LogP contribution >= 0.6 is 15.9 Å². The topological polar surface area (TPSA) is 66.9 Å². The molecule has 0 spiro atoms. The van der Waals surface area contributed by atoms with Gasteiger partial charge in [0.2, 0.25) is 0 Å². The lowest BCUT2D eigenvalue weighted by atomic mass is 9.99. The van der Waals surface area contributed by atoms with Crippen molar-refractivity contribution in [3.8, 4) is 5.75 Å². The fourth-order valence-electron chi connectivity index (χ4n) is 4.51. The van der Waals surface area contributed by atoms with Crippen molar-refractivity contribution in [1.82, 2.24) is 0 Å². The van der Waals surface area contributed by atoms with Crippen LogP contribution in [0.4, 0.5) is 20.6 Å². The molecule has 1 heterocycles. The number of para-hydroxylation sites is 2. The highest BCUT2D eigenvalue weighted by molar-refractivity contribution is 9.10. The molecule has 5 rings (SSSR count). The van der Waals surface area contributed by atoms with Crippen molar-refractivity contribution in [2.45, 2.75) is 13.3 Å².